The fourth-order valence-electron chi connectivity index (χ4n) is 2.24. The Balaban J connectivity index is 1.67. The molecule has 0 radical (unpaired) electrons. The Bertz CT molecular complexity index is 807. The molecule has 0 aliphatic carbocycles. The zero-order valence-corrected chi connectivity index (χ0v) is 16.5. The minimum Gasteiger partial charge on any atom is -0.497 e. The van der Waals surface area contributed by atoms with Crippen LogP contribution in [-0.4, -0.2) is 45.2 Å². The van der Waals surface area contributed by atoms with Crippen molar-refractivity contribution in [3.05, 3.63) is 40.6 Å². The van der Waals surface area contributed by atoms with Gasteiger partial charge in [0.2, 0.25) is 0 Å². The first-order chi connectivity index (χ1) is 13.5. The summed E-state index contributed by atoms with van der Waals surface area (Å²) in [6.45, 7) is -0.0612. The van der Waals surface area contributed by atoms with Crippen LogP contribution in [0.4, 0.5) is 5.69 Å². The number of esters is 1. The van der Waals surface area contributed by atoms with E-state index in [1.165, 1.54) is 25.6 Å². The van der Waals surface area contributed by atoms with Gasteiger partial charge in [0.25, 0.3) is 11.8 Å². The third kappa shape index (κ3) is 6.58. The zero-order valence-electron chi connectivity index (χ0n) is 15.7. The maximum atomic E-state index is 12.0. The van der Waals surface area contributed by atoms with Crippen molar-refractivity contribution in [1.29, 1.82) is 0 Å². The molecule has 0 aliphatic rings. The van der Waals surface area contributed by atoms with Crippen LogP contribution in [0.2, 0.25) is 0 Å². The summed E-state index contributed by atoms with van der Waals surface area (Å²) in [6, 6.07) is 6.67. The molecular weight excluding hydrogens is 384 g/mol. The molecule has 1 heterocycles. The van der Waals surface area contributed by atoms with Gasteiger partial charge in [-0.1, -0.05) is 0 Å². The summed E-state index contributed by atoms with van der Waals surface area (Å²) < 4.78 is 15.2. The molecular formula is C19H22N2O6S. The smallest absolute Gasteiger partial charge is 0.306 e. The molecule has 0 saturated heterocycles. The van der Waals surface area contributed by atoms with Crippen LogP contribution in [0.3, 0.4) is 0 Å². The molecule has 2 amide bonds. The van der Waals surface area contributed by atoms with Gasteiger partial charge in [0.15, 0.2) is 6.61 Å². The van der Waals surface area contributed by atoms with Crippen LogP contribution in [0.15, 0.2) is 35.0 Å². The van der Waals surface area contributed by atoms with E-state index in [-0.39, 0.29) is 12.3 Å². The van der Waals surface area contributed by atoms with Gasteiger partial charge in [-0.2, -0.15) is 11.3 Å². The first kappa shape index (κ1) is 21.2. The van der Waals surface area contributed by atoms with Crippen LogP contribution in [0.1, 0.15) is 23.2 Å². The minimum absolute atomic E-state index is 0.100. The molecule has 0 bridgehead atoms. The average Bonchev–Trinajstić information content (AvgIpc) is 3.24. The molecule has 2 aromatic rings. The van der Waals surface area contributed by atoms with E-state index >= 15 is 0 Å². The normalized spacial score (nSPS) is 10.1. The summed E-state index contributed by atoms with van der Waals surface area (Å²) in [5.41, 5.74) is 1.04. The average molecular weight is 406 g/mol. The number of anilines is 1. The fraction of sp³-hybridized carbons (Fsp3) is 0.316. The van der Waals surface area contributed by atoms with Gasteiger partial charge >= 0.3 is 5.97 Å². The van der Waals surface area contributed by atoms with Crippen molar-refractivity contribution in [3.8, 4) is 11.5 Å². The molecule has 2 rings (SSSR count). The summed E-state index contributed by atoms with van der Waals surface area (Å²) in [5.74, 6) is -0.153. The summed E-state index contributed by atoms with van der Waals surface area (Å²) in [7, 11) is 3.00. The first-order valence-corrected chi connectivity index (χ1v) is 9.45. The molecule has 0 atom stereocenters. The van der Waals surface area contributed by atoms with Gasteiger partial charge in [0.1, 0.15) is 11.5 Å². The predicted molar refractivity (Wildman–Crippen MR) is 105 cm³/mol. The monoisotopic (exact) mass is 406 g/mol. The third-order valence-electron chi connectivity index (χ3n) is 3.67. The van der Waals surface area contributed by atoms with Crippen molar-refractivity contribution in [3.63, 3.8) is 0 Å². The van der Waals surface area contributed by atoms with Gasteiger partial charge in [0, 0.05) is 30.0 Å². The number of carbonyl (C=O) groups is 3. The van der Waals surface area contributed by atoms with Gasteiger partial charge in [-0.05, 0) is 30.0 Å². The third-order valence-corrected chi connectivity index (χ3v) is 4.36. The summed E-state index contributed by atoms with van der Waals surface area (Å²) in [5, 5.41) is 8.90. The number of carbonyl (C=O) groups excluding carboxylic acids is 3. The van der Waals surface area contributed by atoms with Crippen LogP contribution in [0.25, 0.3) is 0 Å². The molecule has 2 N–H and O–H groups in total. The van der Waals surface area contributed by atoms with Crippen LogP contribution in [-0.2, 0) is 14.3 Å². The second-order valence-corrected chi connectivity index (χ2v) is 6.43. The summed E-state index contributed by atoms with van der Waals surface area (Å²) in [6.07, 6.45) is 0.520. The Kier molecular flexibility index (Phi) is 8.29. The van der Waals surface area contributed by atoms with Gasteiger partial charge in [-0.15, -0.1) is 0 Å². The largest absolute Gasteiger partial charge is 0.497 e. The molecule has 0 unspecified atom stereocenters. The SMILES string of the molecule is COc1ccc(NC(=O)COC(=O)CCCNC(=O)c2ccsc2)c(OC)c1. The van der Waals surface area contributed by atoms with Crippen molar-refractivity contribution in [1.82, 2.24) is 5.32 Å². The minimum atomic E-state index is -0.512. The van der Waals surface area contributed by atoms with Crippen molar-refractivity contribution in [2.75, 3.05) is 32.7 Å². The standard InChI is InChI=1S/C19H22N2O6S/c1-25-14-5-6-15(16(10-14)26-2)21-17(22)11-27-18(23)4-3-8-20-19(24)13-7-9-28-12-13/h5-7,9-10,12H,3-4,8,11H2,1-2H3,(H,20,24)(H,21,22). The number of amides is 2. The molecule has 0 aliphatic heterocycles. The number of hydrogen-bond acceptors (Lipinski definition) is 7. The van der Waals surface area contributed by atoms with E-state index in [2.05, 4.69) is 10.6 Å². The first-order valence-electron chi connectivity index (χ1n) is 8.51. The Labute approximate surface area is 166 Å². The van der Waals surface area contributed by atoms with E-state index in [1.807, 2.05) is 5.38 Å². The number of nitrogens with one attached hydrogen (secondary N) is 2. The number of rotatable bonds is 10. The van der Waals surface area contributed by atoms with E-state index < -0.39 is 18.5 Å². The Morgan fingerprint density at radius 2 is 1.93 bits per heavy atom. The highest BCUT2D eigenvalue weighted by molar-refractivity contribution is 7.08. The Morgan fingerprint density at radius 1 is 1.11 bits per heavy atom. The molecule has 28 heavy (non-hydrogen) atoms. The Morgan fingerprint density at radius 3 is 2.61 bits per heavy atom. The maximum Gasteiger partial charge on any atom is 0.306 e. The molecule has 1 aromatic carbocycles. The molecule has 9 heteroatoms. The molecule has 0 saturated carbocycles. The van der Waals surface area contributed by atoms with Gasteiger partial charge in [-0.25, -0.2) is 0 Å². The summed E-state index contributed by atoms with van der Waals surface area (Å²) in [4.78, 5) is 35.4. The lowest BCUT2D eigenvalue weighted by Gasteiger charge is -2.11. The van der Waals surface area contributed by atoms with Crippen molar-refractivity contribution >= 4 is 34.8 Å². The molecule has 8 nitrogen and oxygen atoms in total. The van der Waals surface area contributed by atoms with E-state index in [0.29, 0.717) is 35.7 Å². The van der Waals surface area contributed by atoms with E-state index in [4.69, 9.17) is 14.2 Å². The van der Waals surface area contributed by atoms with E-state index in [1.54, 1.807) is 29.6 Å². The van der Waals surface area contributed by atoms with Crippen molar-refractivity contribution in [2.45, 2.75) is 12.8 Å². The van der Waals surface area contributed by atoms with Crippen LogP contribution >= 0.6 is 11.3 Å². The lowest BCUT2D eigenvalue weighted by atomic mass is 10.2. The lowest BCUT2D eigenvalue weighted by molar-refractivity contribution is -0.147. The molecule has 0 spiro atoms. The zero-order chi connectivity index (χ0) is 20.4. The highest BCUT2D eigenvalue weighted by Gasteiger charge is 2.12. The quantitative estimate of drug-likeness (QED) is 0.464. The van der Waals surface area contributed by atoms with Crippen LogP contribution < -0.4 is 20.1 Å². The summed E-state index contributed by atoms with van der Waals surface area (Å²) >= 11 is 1.44. The van der Waals surface area contributed by atoms with Gasteiger partial charge in [-0.3, -0.25) is 14.4 Å². The highest BCUT2D eigenvalue weighted by Crippen LogP contribution is 2.28. The van der Waals surface area contributed by atoms with Crippen molar-refractivity contribution in [2.24, 2.45) is 0 Å². The Hall–Kier alpha value is -3.07. The molecule has 1 aromatic heterocycles. The number of ether oxygens (including phenoxy) is 3. The molecule has 150 valence electrons. The fourth-order valence-corrected chi connectivity index (χ4v) is 2.87. The second kappa shape index (κ2) is 10.9. The van der Waals surface area contributed by atoms with Crippen LogP contribution in [0.5, 0.6) is 11.5 Å². The lowest BCUT2D eigenvalue weighted by Crippen LogP contribution is -2.25. The van der Waals surface area contributed by atoms with Crippen LogP contribution in [0, 0.1) is 0 Å². The maximum absolute atomic E-state index is 12.0. The number of thiophene rings is 1. The van der Waals surface area contributed by atoms with Gasteiger partial charge < -0.3 is 24.8 Å². The van der Waals surface area contributed by atoms with E-state index in [0.717, 1.165) is 0 Å². The second-order valence-electron chi connectivity index (χ2n) is 5.65. The highest BCUT2D eigenvalue weighted by atomic mass is 32.1. The number of hydrogen-bond donors (Lipinski definition) is 2. The van der Waals surface area contributed by atoms with Gasteiger partial charge in [0.05, 0.1) is 19.9 Å². The van der Waals surface area contributed by atoms with E-state index in [9.17, 15) is 14.4 Å². The number of methoxy groups -OCH3 is 2. The number of benzene rings is 1. The van der Waals surface area contributed by atoms with Crippen molar-refractivity contribution < 1.29 is 28.6 Å². The topological polar surface area (TPSA) is 103 Å². The molecule has 0 fully saturated rings. The predicted octanol–water partition coefficient (Wildman–Crippen LogP) is 2.46.